The van der Waals surface area contributed by atoms with Crippen LogP contribution in [0.2, 0.25) is 0 Å². The van der Waals surface area contributed by atoms with Crippen molar-refractivity contribution < 1.29 is 0 Å². The Kier molecular flexibility index (Phi) is 7.51. The molecular formula is C10H24N2. The molecule has 0 saturated heterocycles. The van der Waals surface area contributed by atoms with Gasteiger partial charge in [0, 0.05) is 6.04 Å². The van der Waals surface area contributed by atoms with E-state index in [1.165, 1.54) is 19.4 Å². The van der Waals surface area contributed by atoms with Crippen LogP contribution in [0, 0.1) is 0 Å². The van der Waals surface area contributed by atoms with Gasteiger partial charge in [0.15, 0.2) is 0 Å². The van der Waals surface area contributed by atoms with E-state index in [4.69, 9.17) is 5.73 Å². The Morgan fingerprint density at radius 2 is 1.75 bits per heavy atom. The van der Waals surface area contributed by atoms with Crippen molar-refractivity contribution in [3.8, 4) is 0 Å². The van der Waals surface area contributed by atoms with E-state index in [1.807, 2.05) is 0 Å². The van der Waals surface area contributed by atoms with Crippen molar-refractivity contribution in [3.63, 3.8) is 0 Å². The summed E-state index contributed by atoms with van der Waals surface area (Å²) in [7, 11) is 0. The molecule has 0 aliphatic rings. The standard InChI is InChI=1S/C10H24N2/c1-4-5-8-12(10(2)3)9-6-7-11/h10H,4-9,11H2,1-3H3. The van der Waals surface area contributed by atoms with Gasteiger partial charge in [-0.15, -0.1) is 0 Å². The van der Waals surface area contributed by atoms with Gasteiger partial charge in [0.25, 0.3) is 0 Å². The molecule has 0 aliphatic heterocycles. The molecule has 0 aromatic carbocycles. The maximum atomic E-state index is 5.48. The van der Waals surface area contributed by atoms with E-state index in [1.54, 1.807) is 0 Å². The van der Waals surface area contributed by atoms with Crippen LogP contribution >= 0.6 is 0 Å². The van der Waals surface area contributed by atoms with Crippen LogP contribution in [-0.2, 0) is 0 Å². The highest BCUT2D eigenvalue weighted by molar-refractivity contribution is 4.62. The van der Waals surface area contributed by atoms with Gasteiger partial charge < -0.3 is 10.6 Å². The minimum absolute atomic E-state index is 0.670. The maximum absolute atomic E-state index is 5.48. The fourth-order valence-electron chi connectivity index (χ4n) is 1.28. The summed E-state index contributed by atoms with van der Waals surface area (Å²) in [6.45, 7) is 9.96. The number of hydrogen-bond donors (Lipinski definition) is 1. The summed E-state index contributed by atoms with van der Waals surface area (Å²) < 4.78 is 0. The summed E-state index contributed by atoms with van der Waals surface area (Å²) in [5.41, 5.74) is 5.48. The highest BCUT2D eigenvalue weighted by atomic mass is 15.1. The van der Waals surface area contributed by atoms with Crippen molar-refractivity contribution >= 4 is 0 Å². The van der Waals surface area contributed by atoms with Crippen molar-refractivity contribution in [2.24, 2.45) is 5.73 Å². The molecule has 0 fully saturated rings. The molecule has 0 aliphatic carbocycles. The Hall–Kier alpha value is -0.0800. The van der Waals surface area contributed by atoms with E-state index >= 15 is 0 Å². The first kappa shape index (κ1) is 11.9. The molecule has 0 amide bonds. The monoisotopic (exact) mass is 172 g/mol. The Labute approximate surface area is 77.1 Å². The lowest BCUT2D eigenvalue weighted by Gasteiger charge is -2.25. The molecule has 0 unspecified atom stereocenters. The minimum Gasteiger partial charge on any atom is -0.330 e. The first-order valence-electron chi connectivity index (χ1n) is 5.16. The highest BCUT2D eigenvalue weighted by Crippen LogP contribution is 2.01. The molecule has 0 aromatic heterocycles. The number of nitrogens with two attached hydrogens (primary N) is 1. The van der Waals surface area contributed by atoms with Gasteiger partial charge in [-0.3, -0.25) is 0 Å². The van der Waals surface area contributed by atoms with Crippen LogP contribution in [0.3, 0.4) is 0 Å². The molecule has 12 heavy (non-hydrogen) atoms. The predicted octanol–water partition coefficient (Wildman–Crippen LogP) is 1.85. The van der Waals surface area contributed by atoms with E-state index in [9.17, 15) is 0 Å². The zero-order valence-electron chi connectivity index (χ0n) is 8.84. The molecule has 0 rings (SSSR count). The number of hydrogen-bond acceptors (Lipinski definition) is 2. The van der Waals surface area contributed by atoms with E-state index < -0.39 is 0 Å². The van der Waals surface area contributed by atoms with Crippen LogP contribution in [0.25, 0.3) is 0 Å². The average molecular weight is 172 g/mol. The van der Waals surface area contributed by atoms with Gasteiger partial charge in [-0.25, -0.2) is 0 Å². The zero-order valence-corrected chi connectivity index (χ0v) is 8.84. The lowest BCUT2D eigenvalue weighted by atomic mass is 10.2. The van der Waals surface area contributed by atoms with Crippen molar-refractivity contribution in [2.75, 3.05) is 19.6 Å². The molecular weight excluding hydrogens is 148 g/mol. The second-order valence-electron chi connectivity index (χ2n) is 3.63. The van der Waals surface area contributed by atoms with Gasteiger partial charge in [0.1, 0.15) is 0 Å². The Balaban J connectivity index is 3.55. The van der Waals surface area contributed by atoms with Crippen molar-refractivity contribution in [1.29, 1.82) is 0 Å². The summed E-state index contributed by atoms with van der Waals surface area (Å²) >= 11 is 0. The smallest absolute Gasteiger partial charge is 0.00385 e. The second kappa shape index (κ2) is 7.56. The van der Waals surface area contributed by atoms with Gasteiger partial charge in [0.2, 0.25) is 0 Å². The quantitative estimate of drug-likeness (QED) is 0.635. The van der Waals surface area contributed by atoms with Crippen LogP contribution in [-0.4, -0.2) is 30.6 Å². The molecule has 0 heterocycles. The van der Waals surface area contributed by atoms with Crippen molar-refractivity contribution in [2.45, 2.75) is 46.1 Å². The fraction of sp³-hybridized carbons (Fsp3) is 1.00. The molecule has 0 atom stereocenters. The predicted molar refractivity (Wildman–Crippen MR) is 55.3 cm³/mol. The third kappa shape index (κ3) is 5.56. The molecule has 0 radical (unpaired) electrons. The van der Waals surface area contributed by atoms with Gasteiger partial charge in [-0.1, -0.05) is 13.3 Å². The van der Waals surface area contributed by atoms with Gasteiger partial charge in [-0.05, 0) is 46.3 Å². The van der Waals surface area contributed by atoms with Crippen LogP contribution in [0.1, 0.15) is 40.0 Å². The van der Waals surface area contributed by atoms with E-state index in [-0.39, 0.29) is 0 Å². The maximum Gasteiger partial charge on any atom is 0.00385 e. The highest BCUT2D eigenvalue weighted by Gasteiger charge is 2.06. The molecule has 2 nitrogen and oxygen atoms in total. The van der Waals surface area contributed by atoms with E-state index in [0.29, 0.717) is 6.04 Å². The summed E-state index contributed by atoms with van der Waals surface area (Å²) in [4.78, 5) is 2.51. The Bertz CT molecular complexity index is 83.8. The lowest BCUT2D eigenvalue weighted by Crippen LogP contribution is -2.33. The number of unbranched alkanes of at least 4 members (excludes halogenated alkanes) is 1. The average Bonchev–Trinajstić information content (AvgIpc) is 2.04. The lowest BCUT2D eigenvalue weighted by molar-refractivity contribution is 0.217. The molecule has 0 saturated carbocycles. The van der Waals surface area contributed by atoms with E-state index in [0.717, 1.165) is 19.5 Å². The summed E-state index contributed by atoms with van der Waals surface area (Å²) in [5.74, 6) is 0. The Morgan fingerprint density at radius 1 is 1.17 bits per heavy atom. The van der Waals surface area contributed by atoms with E-state index in [2.05, 4.69) is 25.7 Å². The minimum atomic E-state index is 0.670. The van der Waals surface area contributed by atoms with Crippen molar-refractivity contribution in [3.05, 3.63) is 0 Å². The summed E-state index contributed by atoms with van der Waals surface area (Å²) in [6.07, 6.45) is 3.72. The third-order valence-corrected chi connectivity index (χ3v) is 2.18. The van der Waals surface area contributed by atoms with Gasteiger partial charge >= 0.3 is 0 Å². The summed E-state index contributed by atoms with van der Waals surface area (Å²) in [6, 6.07) is 0.670. The van der Waals surface area contributed by atoms with Gasteiger partial charge in [0.05, 0.1) is 0 Å². The number of nitrogens with zero attached hydrogens (tertiary/aromatic N) is 1. The van der Waals surface area contributed by atoms with Crippen LogP contribution in [0.5, 0.6) is 0 Å². The van der Waals surface area contributed by atoms with Crippen LogP contribution < -0.4 is 5.73 Å². The largest absolute Gasteiger partial charge is 0.330 e. The molecule has 2 heteroatoms. The van der Waals surface area contributed by atoms with Crippen LogP contribution in [0.4, 0.5) is 0 Å². The first-order chi connectivity index (χ1) is 5.72. The fourth-order valence-corrected chi connectivity index (χ4v) is 1.28. The van der Waals surface area contributed by atoms with Crippen LogP contribution in [0.15, 0.2) is 0 Å². The normalized spacial score (nSPS) is 11.5. The first-order valence-corrected chi connectivity index (χ1v) is 5.16. The third-order valence-electron chi connectivity index (χ3n) is 2.18. The SMILES string of the molecule is CCCCN(CCCN)C(C)C. The molecule has 0 aromatic rings. The topological polar surface area (TPSA) is 29.3 Å². The molecule has 2 N–H and O–H groups in total. The Morgan fingerprint density at radius 3 is 2.17 bits per heavy atom. The summed E-state index contributed by atoms with van der Waals surface area (Å²) in [5, 5.41) is 0. The van der Waals surface area contributed by atoms with Gasteiger partial charge in [-0.2, -0.15) is 0 Å². The molecule has 0 spiro atoms. The van der Waals surface area contributed by atoms with Crippen molar-refractivity contribution in [1.82, 2.24) is 4.90 Å². The second-order valence-corrected chi connectivity index (χ2v) is 3.63. The number of rotatable bonds is 7. The molecule has 0 bridgehead atoms. The zero-order chi connectivity index (χ0) is 9.40. The molecule has 74 valence electrons.